The van der Waals surface area contributed by atoms with Crippen LogP contribution in [0.25, 0.3) is 0 Å². The normalized spacial score (nSPS) is 25.0. The summed E-state index contributed by atoms with van der Waals surface area (Å²) in [6, 6.07) is -0.344. The summed E-state index contributed by atoms with van der Waals surface area (Å²) in [4.78, 5) is 14.3. The number of fused-ring (bicyclic) bond motifs is 1. The van der Waals surface area contributed by atoms with Crippen LogP contribution in [0.3, 0.4) is 0 Å². The minimum absolute atomic E-state index is 0.105. The first-order valence-electron chi connectivity index (χ1n) is 8.26. The van der Waals surface area contributed by atoms with Crippen LogP contribution in [-0.2, 0) is 6.18 Å². The van der Waals surface area contributed by atoms with E-state index in [0.29, 0.717) is 12.5 Å². The van der Waals surface area contributed by atoms with Crippen molar-refractivity contribution in [2.75, 3.05) is 6.54 Å². The van der Waals surface area contributed by atoms with Crippen LogP contribution in [0, 0.1) is 5.92 Å². The van der Waals surface area contributed by atoms with Gasteiger partial charge in [-0.2, -0.15) is 18.3 Å². The van der Waals surface area contributed by atoms with Crippen LogP contribution >= 0.6 is 0 Å². The predicted octanol–water partition coefficient (Wildman–Crippen LogP) is 3.89. The van der Waals surface area contributed by atoms with Gasteiger partial charge < -0.3 is 4.90 Å². The second-order valence-corrected chi connectivity index (χ2v) is 6.87. The Kier molecular flexibility index (Phi) is 4.14. The van der Waals surface area contributed by atoms with E-state index < -0.39 is 23.8 Å². The van der Waals surface area contributed by atoms with Crippen LogP contribution in [0.1, 0.15) is 68.0 Å². The van der Waals surface area contributed by atoms with Crippen molar-refractivity contribution >= 4 is 5.91 Å². The van der Waals surface area contributed by atoms with Crippen molar-refractivity contribution in [1.82, 2.24) is 14.7 Å². The van der Waals surface area contributed by atoms with Crippen LogP contribution in [0.15, 0.2) is 6.20 Å². The number of hydrogen-bond acceptors (Lipinski definition) is 2. The van der Waals surface area contributed by atoms with E-state index >= 15 is 0 Å². The number of carbonyl (C=O) groups is 1. The molecule has 0 unspecified atom stereocenters. The van der Waals surface area contributed by atoms with E-state index in [4.69, 9.17) is 0 Å². The predicted molar refractivity (Wildman–Crippen MR) is 79.0 cm³/mol. The maximum atomic E-state index is 13.4. The zero-order valence-electron chi connectivity index (χ0n) is 13.4. The Morgan fingerprint density at radius 2 is 1.96 bits per heavy atom. The minimum atomic E-state index is -4.58. The maximum Gasteiger partial charge on any atom is 0.433 e. The Balaban J connectivity index is 1.88. The molecule has 3 rings (SSSR count). The third kappa shape index (κ3) is 2.85. The SMILES string of the molecule is CC(C)n1ncc(C(=O)N2C[C@H]3CCCCC[C@H]32)c1C(F)(F)F. The summed E-state index contributed by atoms with van der Waals surface area (Å²) in [5.74, 6) is -0.0664. The molecule has 1 amide bonds. The summed E-state index contributed by atoms with van der Waals surface area (Å²) < 4.78 is 41.1. The molecule has 2 aliphatic rings. The van der Waals surface area contributed by atoms with Gasteiger partial charge in [0.25, 0.3) is 5.91 Å². The molecule has 7 heteroatoms. The molecule has 128 valence electrons. The van der Waals surface area contributed by atoms with Crippen LogP contribution in [-0.4, -0.2) is 33.2 Å². The van der Waals surface area contributed by atoms with Crippen LogP contribution in [0.4, 0.5) is 13.2 Å². The average Bonchev–Trinajstić information content (AvgIpc) is 2.81. The lowest BCUT2D eigenvalue weighted by Crippen LogP contribution is -2.58. The maximum absolute atomic E-state index is 13.4. The molecule has 0 radical (unpaired) electrons. The Hall–Kier alpha value is -1.53. The zero-order valence-corrected chi connectivity index (χ0v) is 13.4. The van der Waals surface area contributed by atoms with Gasteiger partial charge in [0, 0.05) is 18.6 Å². The largest absolute Gasteiger partial charge is 0.433 e. The Morgan fingerprint density at radius 3 is 2.61 bits per heavy atom. The first-order valence-corrected chi connectivity index (χ1v) is 8.26. The molecule has 1 aromatic rings. The average molecular weight is 329 g/mol. The Morgan fingerprint density at radius 1 is 1.26 bits per heavy atom. The molecule has 1 saturated heterocycles. The van der Waals surface area contributed by atoms with Crippen molar-refractivity contribution in [3.63, 3.8) is 0 Å². The van der Waals surface area contributed by atoms with Gasteiger partial charge in [-0.1, -0.05) is 19.3 Å². The van der Waals surface area contributed by atoms with Gasteiger partial charge in [0.1, 0.15) is 0 Å². The van der Waals surface area contributed by atoms with Gasteiger partial charge in [-0.3, -0.25) is 9.48 Å². The summed E-state index contributed by atoms with van der Waals surface area (Å²) in [7, 11) is 0. The van der Waals surface area contributed by atoms with Gasteiger partial charge in [-0.15, -0.1) is 0 Å². The van der Waals surface area contributed by atoms with E-state index in [1.807, 2.05) is 0 Å². The van der Waals surface area contributed by atoms with E-state index in [1.165, 1.54) is 0 Å². The number of amides is 1. The monoisotopic (exact) mass is 329 g/mol. The molecule has 2 fully saturated rings. The van der Waals surface area contributed by atoms with Gasteiger partial charge in [-0.05, 0) is 32.6 Å². The molecule has 0 bridgehead atoms. The molecule has 0 spiro atoms. The molecule has 0 N–H and O–H groups in total. The van der Waals surface area contributed by atoms with Crippen molar-refractivity contribution in [2.45, 2.75) is 64.2 Å². The fourth-order valence-corrected chi connectivity index (χ4v) is 3.82. The van der Waals surface area contributed by atoms with Gasteiger partial charge in [-0.25, -0.2) is 0 Å². The third-order valence-electron chi connectivity index (χ3n) is 4.99. The number of likely N-dealkylation sites (tertiary alicyclic amines) is 1. The van der Waals surface area contributed by atoms with Gasteiger partial charge >= 0.3 is 6.18 Å². The van der Waals surface area contributed by atoms with Crippen LogP contribution in [0.2, 0.25) is 0 Å². The number of alkyl halides is 3. The van der Waals surface area contributed by atoms with E-state index in [1.54, 1.807) is 18.7 Å². The first kappa shape index (κ1) is 16.3. The lowest BCUT2D eigenvalue weighted by atomic mass is 9.84. The zero-order chi connectivity index (χ0) is 16.8. The standard InChI is InChI=1S/C16H22F3N3O/c1-10(2)22-14(16(17,18)19)12(8-20-22)15(23)21-9-11-6-4-3-5-7-13(11)21/h8,10-11,13H,3-7,9H2,1-2H3/t11-,13-/m1/s1. The van der Waals surface area contributed by atoms with Crippen molar-refractivity contribution < 1.29 is 18.0 Å². The second kappa shape index (κ2) is 5.83. The fraction of sp³-hybridized carbons (Fsp3) is 0.750. The summed E-state index contributed by atoms with van der Waals surface area (Å²) in [6.45, 7) is 3.83. The summed E-state index contributed by atoms with van der Waals surface area (Å²) in [5.41, 5.74) is -1.23. The fourth-order valence-electron chi connectivity index (χ4n) is 3.82. The number of aromatic nitrogens is 2. The molecule has 1 aliphatic heterocycles. The lowest BCUT2D eigenvalue weighted by Gasteiger charge is -2.47. The quantitative estimate of drug-likeness (QED) is 0.826. The molecule has 1 aliphatic carbocycles. The highest BCUT2D eigenvalue weighted by Gasteiger charge is 2.46. The van der Waals surface area contributed by atoms with Crippen molar-refractivity contribution in [1.29, 1.82) is 0 Å². The molecule has 2 atom stereocenters. The van der Waals surface area contributed by atoms with Crippen molar-refractivity contribution in [3.05, 3.63) is 17.5 Å². The van der Waals surface area contributed by atoms with E-state index in [2.05, 4.69) is 5.10 Å². The molecular formula is C16H22F3N3O. The Bertz CT molecular complexity index is 594. The number of nitrogens with zero attached hydrogens (tertiary/aromatic N) is 3. The highest BCUT2D eigenvalue weighted by molar-refractivity contribution is 5.96. The van der Waals surface area contributed by atoms with Crippen molar-refractivity contribution in [2.24, 2.45) is 5.92 Å². The van der Waals surface area contributed by atoms with E-state index in [-0.39, 0.29) is 11.6 Å². The molecule has 1 saturated carbocycles. The molecule has 0 aromatic carbocycles. The highest BCUT2D eigenvalue weighted by Crippen LogP contribution is 2.39. The van der Waals surface area contributed by atoms with Crippen molar-refractivity contribution in [3.8, 4) is 0 Å². The lowest BCUT2D eigenvalue weighted by molar-refractivity contribution is -0.145. The number of carbonyl (C=O) groups excluding carboxylic acids is 1. The smallest absolute Gasteiger partial charge is 0.335 e. The Labute approximate surface area is 133 Å². The minimum Gasteiger partial charge on any atom is -0.335 e. The highest BCUT2D eigenvalue weighted by atomic mass is 19.4. The third-order valence-corrected chi connectivity index (χ3v) is 4.99. The molecule has 4 nitrogen and oxygen atoms in total. The summed E-state index contributed by atoms with van der Waals surface area (Å²) in [5, 5.41) is 3.82. The molecular weight excluding hydrogens is 307 g/mol. The topological polar surface area (TPSA) is 38.1 Å². The number of rotatable bonds is 2. The second-order valence-electron chi connectivity index (χ2n) is 6.87. The van der Waals surface area contributed by atoms with Crippen LogP contribution < -0.4 is 0 Å². The van der Waals surface area contributed by atoms with Crippen LogP contribution in [0.5, 0.6) is 0 Å². The number of halogens is 3. The van der Waals surface area contributed by atoms with E-state index in [9.17, 15) is 18.0 Å². The molecule has 2 heterocycles. The van der Waals surface area contributed by atoms with E-state index in [0.717, 1.165) is 43.0 Å². The summed E-state index contributed by atoms with van der Waals surface area (Å²) >= 11 is 0. The van der Waals surface area contributed by atoms with Gasteiger partial charge in [0.15, 0.2) is 5.69 Å². The van der Waals surface area contributed by atoms with Gasteiger partial charge in [0.05, 0.1) is 11.8 Å². The molecule has 23 heavy (non-hydrogen) atoms. The van der Waals surface area contributed by atoms with Gasteiger partial charge in [0.2, 0.25) is 0 Å². The first-order chi connectivity index (χ1) is 10.8. The number of hydrogen-bond donors (Lipinski definition) is 0. The molecule has 1 aromatic heterocycles. The summed E-state index contributed by atoms with van der Waals surface area (Å²) in [6.07, 6.45) is 1.81.